The topological polar surface area (TPSA) is 74.6 Å². The molecule has 272 valence electrons. The molecule has 1 saturated carbocycles. The minimum absolute atomic E-state index is 0.134. The van der Waals surface area contributed by atoms with E-state index in [0.29, 0.717) is 38.0 Å². The van der Waals surface area contributed by atoms with E-state index in [2.05, 4.69) is 74.3 Å². The Morgan fingerprint density at radius 2 is 1.61 bits per heavy atom. The lowest BCUT2D eigenvalue weighted by Crippen LogP contribution is -2.30. The molecule has 1 aliphatic carbocycles. The van der Waals surface area contributed by atoms with Crippen molar-refractivity contribution in [3.05, 3.63) is 120 Å². The maximum atomic E-state index is 12.9. The lowest BCUT2D eigenvalue weighted by Gasteiger charge is -2.35. The first-order valence-corrected chi connectivity index (χ1v) is 17.4. The highest BCUT2D eigenvalue weighted by Gasteiger charge is 2.32. The first-order chi connectivity index (χ1) is 24.6. The average Bonchev–Trinajstić information content (AvgIpc) is 3.42. The first-order valence-electron chi connectivity index (χ1n) is 16.9. The molecule has 1 aromatic heterocycles. The Bertz CT molecular complexity index is 1780. The molecule has 0 bridgehead atoms. The molecule has 7 nitrogen and oxygen atoms in total. The van der Waals surface area contributed by atoms with Crippen LogP contribution in [0.25, 0.3) is 22.2 Å². The molecule has 51 heavy (non-hydrogen) atoms. The number of rotatable bonds is 10. The van der Waals surface area contributed by atoms with Crippen molar-refractivity contribution in [2.45, 2.75) is 57.9 Å². The van der Waals surface area contributed by atoms with E-state index in [0.717, 1.165) is 64.9 Å². The Morgan fingerprint density at radius 3 is 2.24 bits per heavy atom. The van der Waals surface area contributed by atoms with Gasteiger partial charge in [0.05, 0.1) is 29.3 Å². The number of carbonyl (C=O) groups is 1. The zero-order valence-corrected chi connectivity index (χ0v) is 30.3. The fourth-order valence-electron chi connectivity index (χ4n) is 6.27. The number of carbonyl (C=O) groups excluding carboxylic acids is 1. The van der Waals surface area contributed by atoms with Gasteiger partial charge >= 0.3 is 6.18 Å². The van der Waals surface area contributed by atoms with Crippen LogP contribution in [0.3, 0.4) is 0 Å². The van der Waals surface area contributed by atoms with Crippen LogP contribution in [0.1, 0.15) is 54.6 Å². The molecule has 3 unspecified atom stereocenters. The minimum atomic E-state index is -4.35. The van der Waals surface area contributed by atoms with Crippen LogP contribution in [0, 0.1) is 12.8 Å². The SMILES string of the molecule is CCOC1CC(COc2ccc(C(F)(F)F)cc2)CC(c2ccc(-c3ccc4c(c3)nc(C)n4C)cc2)C1.CNS.O=COCc1ccccc1. The third-order valence-corrected chi connectivity index (χ3v) is 8.81. The summed E-state index contributed by atoms with van der Waals surface area (Å²) in [6, 6.07) is 29.6. The van der Waals surface area contributed by atoms with E-state index in [-0.39, 0.29) is 12.0 Å². The van der Waals surface area contributed by atoms with Crippen molar-refractivity contribution >= 4 is 30.3 Å². The second-order valence-corrected chi connectivity index (χ2v) is 12.8. The summed E-state index contributed by atoms with van der Waals surface area (Å²) in [6.07, 6.45) is -1.44. The third-order valence-electron chi connectivity index (χ3n) is 8.81. The van der Waals surface area contributed by atoms with Crippen molar-refractivity contribution in [3.63, 3.8) is 0 Å². The molecular formula is C40H46F3N3O4S. The molecule has 6 rings (SSSR count). The standard InChI is InChI=1S/C31H33F3N2O2.C8H8O2.CH5NS/c1-4-37-28-16-21(19-38-27-12-10-26(11-13-27)31(32,33)34)15-25(17-28)23-7-5-22(6-8-23)24-9-14-30-29(18-24)35-20(2)36(30)3;9-7-10-6-8-4-2-1-3-5-8;1-2-3/h5-14,18,21,25,28H,4,15-17,19H2,1-3H3;1-5,7H,6H2;2-3H,1H3. The number of hydrogen-bond donors (Lipinski definition) is 2. The number of benzene rings is 4. The van der Waals surface area contributed by atoms with Crippen LogP contribution in [-0.4, -0.2) is 42.4 Å². The molecule has 0 saturated heterocycles. The van der Waals surface area contributed by atoms with Crippen LogP contribution in [-0.2, 0) is 34.1 Å². The highest BCUT2D eigenvalue weighted by Crippen LogP contribution is 2.39. The summed E-state index contributed by atoms with van der Waals surface area (Å²) < 4.78 is 59.6. The summed E-state index contributed by atoms with van der Waals surface area (Å²) in [7, 11) is 3.77. The predicted octanol–water partition coefficient (Wildman–Crippen LogP) is 9.35. The molecule has 4 aromatic carbocycles. The molecule has 1 heterocycles. The number of imidazole rings is 1. The number of thiol groups is 1. The van der Waals surface area contributed by atoms with Crippen LogP contribution in [0.4, 0.5) is 13.2 Å². The van der Waals surface area contributed by atoms with Gasteiger partial charge < -0.3 is 18.8 Å². The maximum Gasteiger partial charge on any atom is 0.416 e. The lowest BCUT2D eigenvalue weighted by molar-refractivity contribution is -0.137. The smallest absolute Gasteiger partial charge is 0.416 e. The molecule has 1 N–H and O–H groups in total. The normalized spacial score (nSPS) is 17.1. The molecule has 0 radical (unpaired) electrons. The predicted molar refractivity (Wildman–Crippen MR) is 199 cm³/mol. The summed E-state index contributed by atoms with van der Waals surface area (Å²) in [5, 5.41) is 0. The Kier molecular flexibility index (Phi) is 15.0. The largest absolute Gasteiger partial charge is 0.493 e. The van der Waals surface area contributed by atoms with Crippen molar-refractivity contribution in [1.82, 2.24) is 14.3 Å². The number of nitrogens with one attached hydrogen (secondary N) is 1. The van der Waals surface area contributed by atoms with Gasteiger partial charge in [0.15, 0.2) is 0 Å². The molecule has 11 heteroatoms. The van der Waals surface area contributed by atoms with Gasteiger partial charge in [0.2, 0.25) is 0 Å². The van der Waals surface area contributed by atoms with Gasteiger partial charge in [-0.05, 0) is 111 Å². The van der Waals surface area contributed by atoms with E-state index < -0.39 is 11.7 Å². The first kappa shape index (κ1) is 39.5. The second kappa shape index (κ2) is 19.3. The Hall–Kier alpha value is -4.32. The zero-order chi connectivity index (χ0) is 36.8. The van der Waals surface area contributed by atoms with E-state index in [1.807, 2.05) is 51.2 Å². The Labute approximate surface area is 303 Å². The molecule has 0 amide bonds. The van der Waals surface area contributed by atoms with Gasteiger partial charge in [0.1, 0.15) is 18.2 Å². The van der Waals surface area contributed by atoms with Gasteiger partial charge in [0.25, 0.3) is 6.47 Å². The highest BCUT2D eigenvalue weighted by atomic mass is 32.1. The number of aromatic nitrogens is 2. The van der Waals surface area contributed by atoms with Crippen LogP contribution in [0.15, 0.2) is 97.1 Å². The molecule has 5 aromatic rings. The van der Waals surface area contributed by atoms with Gasteiger partial charge in [-0.2, -0.15) is 13.2 Å². The Morgan fingerprint density at radius 1 is 0.941 bits per heavy atom. The van der Waals surface area contributed by atoms with Gasteiger partial charge in [-0.15, -0.1) is 0 Å². The number of ether oxygens (including phenoxy) is 3. The molecule has 0 aliphatic heterocycles. The van der Waals surface area contributed by atoms with E-state index in [1.54, 1.807) is 7.05 Å². The summed E-state index contributed by atoms with van der Waals surface area (Å²) in [6.45, 7) is 5.94. The van der Waals surface area contributed by atoms with Crippen molar-refractivity contribution in [3.8, 4) is 16.9 Å². The highest BCUT2D eigenvalue weighted by molar-refractivity contribution is 7.78. The fourth-order valence-corrected chi connectivity index (χ4v) is 6.27. The molecular weight excluding hydrogens is 676 g/mol. The summed E-state index contributed by atoms with van der Waals surface area (Å²) in [5.41, 5.74) is 6.02. The number of nitrogens with zero attached hydrogens (tertiary/aromatic N) is 2. The number of halogens is 3. The number of aryl methyl sites for hydroxylation is 2. The molecule has 1 aliphatic rings. The number of fused-ring (bicyclic) bond motifs is 1. The van der Waals surface area contributed by atoms with E-state index in [9.17, 15) is 18.0 Å². The fraction of sp³-hybridized carbons (Fsp3) is 0.350. The van der Waals surface area contributed by atoms with Crippen LogP contribution < -0.4 is 9.46 Å². The van der Waals surface area contributed by atoms with E-state index in [4.69, 9.17) is 9.47 Å². The van der Waals surface area contributed by atoms with Gasteiger partial charge in [-0.3, -0.25) is 9.52 Å². The van der Waals surface area contributed by atoms with Crippen molar-refractivity contribution < 1.29 is 32.2 Å². The van der Waals surface area contributed by atoms with Crippen molar-refractivity contribution in [2.75, 3.05) is 20.3 Å². The van der Waals surface area contributed by atoms with Crippen molar-refractivity contribution in [2.24, 2.45) is 13.0 Å². The zero-order valence-electron chi connectivity index (χ0n) is 29.4. The Balaban J connectivity index is 0.000000380. The van der Waals surface area contributed by atoms with Crippen molar-refractivity contribution in [1.29, 1.82) is 0 Å². The quantitative estimate of drug-likeness (QED) is 0.111. The second-order valence-electron chi connectivity index (χ2n) is 12.3. The summed E-state index contributed by atoms with van der Waals surface area (Å²) >= 11 is 3.54. The van der Waals surface area contributed by atoms with E-state index in [1.165, 1.54) is 17.7 Å². The minimum Gasteiger partial charge on any atom is -0.493 e. The number of hydrogen-bond acceptors (Lipinski definition) is 7. The summed E-state index contributed by atoms with van der Waals surface area (Å²) in [4.78, 5) is 14.4. The van der Waals surface area contributed by atoms with Gasteiger partial charge in [-0.25, -0.2) is 4.98 Å². The maximum absolute atomic E-state index is 12.9. The molecule has 1 fully saturated rings. The van der Waals surface area contributed by atoms with Gasteiger partial charge in [-0.1, -0.05) is 73.5 Å². The lowest BCUT2D eigenvalue weighted by atomic mass is 9.76. The summed E-state index contributed by atoms with van der Waals surface area (Å²) in [5.74, 6) is 2.03. The monoisotopic (exact) mass is 721 g/mol. The number of alkyl halides is 3. The third kappa shape index (κ3) is 11.6. The molecule has 0 spiro atoms. The van der Waals surface area contributed by atoms with Crippen LogP contribution in [0.2, 0.25) is 0 Å². The van der Waals surface area contributed by atoms with Gasteiger partial charge in [0, 0.05) is 13.7 Å². The van der Waals surface area contributed by atoms with Crippen LogP contribution >= 0.6 is 12.8 Å². The molecule has 3 atom stereocenters. The van der Waals surface area contributed by atoms with E-state index >= 15 is 0 Å². The average molecular weight is 722 g/mol. The van der Waals surface area contributed by atoms with Crippen LogP contribution in [0.5, 0.6) is 5.75 Å².